The number of rotatable bonds is 6. The molecule has 0 aliphatic heterocycles. The van der Waals surface area contributed by atoms with Crippen molar-refractivity contribution in [3.63, 3.8) is 0 Å². The minimum absolute atomic E-state index is 0.0369. The molecule has 0 unspecified atom stereocenters. The van der Waals surface area contributed by atoms with Gasteiger partial charge in [0.2, 0.25) is 11.1 Å². The minimum Gasteiger partial charge on any atom is -0.353 e. The number of hydrogen-bond donors (Lipinski definition) is 2. The highest BCUT2D eigenvalue weighted by atomic mass is 32.2. The molecule has 1 fully saturated rings. The predicted octanol–water partition coefficient (Wildman–Crippen LogP) is -0.998. The Kier molecular flexibility index (Phi) is 3.73. The van der Waals surface area contributed by atoms with Gasteiger partial charge in [0.25, 0.3) is 0 Å². The number of aromatic nitrogens is 4. The molecule has 2 rings (SSSR count). The van der Waals surface area contributed by atoms with E-state index >= 15 is 0 Å². The van der Waals surface area contributed by atoms with Gasteiger partial charge in [0, 0.05) is 12.6 Å². The summed E-state index contributed by atoms with van der Waals surface area (Å²) in [5.41, 5.74) is 5.41. The molecule has 0 bridgehead atoms. The van der Waals surface area contributed by atoms with Gasteiger partial charge in [-0.2, -0.15) is 0 Å². The second-order valence-electron chi connectivity index (χ2n) is 3.60. The Morgan fingerprint density at radius 3 is 3.12 bits per heavy atom. The highest BCUT2D eigenvalue weighted by Gasteiger charge is 2.23. The van der Waals surface area contributed by atoms with Crippen molar-refractivity contribution >= 4 is 17.7 Å². The molecule has 1 aliphatic rings. The van der Waals surface area contributed by atoms with E-state index in [0.29, 0.717) is 30.0 Å². The Hall–Kier alpha value is -1.15. The third kappa shape index (κ3) is 3.17. The maximum Gasteiger partial charge on any atom is 0.230 e. The van der Waals surface area contributed by atoms with Gasteiger partial charge in [-0.15, -0.1) is 5.10 Å². The maximum absolute atomic E-state index is 11.4. The first kappa shape index (κ1) is 11.3. The van der Waals surface area contributed by atoms with Crippen molar-refractivity contribution in [2.75, 3.05) is 12.3 Å². The monoisotopic (exact) mass is 242 g/mol. The zero-order chi connectivity index (χ0) is 11.4. The van der Waals surface area contributed by atoms with E-state index in [4.69, 9.17) is 5.73 Å². The first-order valence-corrected chi connectivity index (χ1v) is 6.16. The Labute approximate surface area is 97.1 Å². The van der Waals surface area contributed by atoms with E-state index in [-0.39, 0.29) is 5.91 Å². The topological polar surface area (TPSA) is 98.7 Å². The van der Waals surface area contributed by atoms with Gasteiger partial charge in [-0.25, -0.2) is 4.68 Å². The summed E-state index contributed by atoms with van der Waals surface area (Å²) in [6.45, 7) is 1.05. The third-order valence-corrected chi connectivity index (χ3v) is 3.07. The number of hydrogen-bond acceptors (Lipinski definition) is 6. The van der Waals surface area contributed by atoms with Crippen LogP contribution in [0, 0.1) is 0 Å². The van der Waals surface area contributed by atoms with E-state index in [1.165, 1.54) is 11.8 Å². The fraction of sp³-hybridized carbons (Fsp3) is 0.750. The number of tetrazole rings is 1. The number of carbonyl (C=O) groups excluding carboxylic acids is 1. The molecule has 1 saturated carbocycles. The summed E-state index contributed by atoms with van der Waals surface area (Å²) < 4.78 is 1.61. The normalized spacial score (nSPS) is 15.1. The van der Waals surface area contributed by atoms with Crippen LogP contribution >= 0.6 is 11.8 Å². The van der Waals surface area contributed by atoms with Crippen LogP contribution in [0.5, 0.6) is 0 Å². The smallest absolute Gasteiger partial charge is 0.230 e. The van der Waals surface area contributed by atoms with Crippen molar-refractivity contribution in [1.82, 2.24) is 25.5 Å². The number of carbonyl (C=O) groups is 1. The largest absolute Gasteiger partial charge is 0.353 e. The summed E-state index contributed by atoms with van der Waals surface area (Å²) >= 11 is 1.33. The molecule has 1 heterocycles. The van der Waals surface area contributed by atoms with Crippen molar-refractivity contribution < 1.29 is 4.79 Å². The second-order valence-corrected chi connectivity index (χ2v) is 4.55. The van der Waals surface area contributed by atoms with Crippen molar-refractivity contribution in [2.45, 2.75) is 30.6 Å². The van der Waals surface area contributed by atoms with Gasteiger partial charge in [0.05, 0.1) is 12.3 Å². The maximum atomic E-state index is 11.4. The zero-order valence-electron chi connectivity index (χ0n) is 8.80. The summed E-state index contributed by atoms with van der Waals surface area (Å²) in [7, 11) is 0. The number of nitrogens with two attached hydrogens (primary N) is 1. The van der Waals surface area contributed by atoms with Crippen LogP contribution in [0.1, 0.15) is 12.8 Å². The lowest BCUT2D eigenvalue weighted by Gasteiger charge is -2.03. The number of amides is 1. The predicted molar refractivity (Wildman–Crippen MR) is 58.8 cm³/mol. The van der Waals surface area contributed by atoms with Gasteiger partial charge in [-0.05, 0) is 23.3 Å². The lowest BCUT2D eigenvalue weighted by molar-refractivity contribution is -0.118. The van der Waals surface area contributed by atoms with Gasteiger partial charge < -0.3 is 11.1 Å². The minimum atomic E-state index is 0.0369. The molecular formula is C8H14N6OS. The van der Waals surface area contributed by atoms with E-state index in [9.17, 15) is 4.79 Å². The molecular weight excluding hydrogens is 228 g/mol. The molecule has 88 valence electrons. The van der Waals surface area contributed by atoms with Crippen LogP contribution in [-0.2, 0) is 11.3 Å². The van der Waals surface area contributed by atoms with Crippen LogP contribution in [0.15, 0.2) is 5.16 Å². The van der Waals surface area contributed by atoms with Gasteiger partial charge in [0.15, 0.2) is 0 Å². The van der Waals surface area contributed by atoms with Crippen molar-refractivity contribution in [1.29, 1.82) is 0 Å². The highest BCUT2D eigenvalue weighted by Crippen LogP contribution is 2.19. The molecule has 1 aromatic heterocycles. The van der Waals surface area contributed by atoms with Crippen molar-refractivity contribution in [3.8, 4) is 0 Å². The Morgan fingerprint density at radius 2 is 2.44 bits per heavy atom. The van der Waals surface area contributed by atoms with Gasteiger partial charge in [-0.1, -0.05) is 11.8 Å². The van der Waals surface area contributed by atoms with Crippen LogP contribution in [0.4, 0.5) is 0 Å². The van der Waals surface area contributed by atoms with E-state index in [0.717, 1.165) is 12.8 Å². The lowest BCUT2D eigenvalue weighted by Crippen LogP contribution is -2.27. The fourth-order valence-corrected chi connectivity index (χ4v) is 1.90. The molecule has 0 saturated heterocycles. The molecule has 3 N–H and O–H groups in total. The van der Waals surface area contributed by atoms with Crippen molar-refractivity contribution in [2.24, 2.45) is 5.73 Å². The van der Waals surface area contributed by atoms with Crippen LogP contribution in [0.2, 0.25) is 0 Å². The summed E-state index contributed by atoms with van der Waals surface area (Å²) in [6.07, 6.45) is 2.20. The average molecular weight is 242 g/mol. The quantitative estimate of drug-likeness (QED) is 0.621. The molecule has 0 aromatic carbocycles. The number of nitrogens with one attached hydrogen (secondary N) is 1. The van der Waals surface area contributed by atoms with E-state index < -0.39 is 0 Å². The molecule has 7 nitrogen and oxygen atoms in total. The first-order valence-electron chi connectivity index (χ1n) is 5.18. The van der Waals surface area contributed by atoms with Crippen LogP contribution in [0.3, 0.4) is 0 Å². The molecule has 0 spiro atoms. The van der Waals surface area contributed by atoms with Crippen LogP contribution < -0.4 is 11.1 Å². The summed E-state index contributed by atoms with van der Waals surface area (Å²) in [6, 6.07) is 0.396. The molecule has 1 aliphatic carbocycles. The average Bonchev–Trinajstić information content (AvgIpc) is 2.95. The lowest BCUT2D eigenvalue weighted by atomic mass is 10.6. The third-order valence-electron chi connectivity index (χ3n) is 2.11. The first-order chi connectivity index (χ1) is 7.79. The Bertz CT molecular complexity index is 363. The fourth-order valence-electron chi connectivity index (χ4n) is 1.19. The number of nitrogens with zero attached hydrogens (tertiary/aromatic N) is 4. The number of thioether (sulfide) groups is 1. The SMILES string of the molecule is NCCn1nnnc1SCC(=O)NC1CC1. The van der Waals surface area contributed by atoms with Crippen LogP contribution in [0.25, 0.3) is 0 Å². The zero-order valence-corrected chi connectivity index (χ0v) is 9.61. The van der Waals surface area contributed by atoms with Crippen molar-refractivity contribution in [3.05, 3.63) is 0 Å². The Morgan fingerprint density at radius 1 is 1.62 bits per heavy atom. The summed E-state index contributed by atoms with van der Waals surface area (Å²) in [5, 5.41) is 14.7. The van der Waals surface area contributed by atoms with E-state index in [2.05, 4.69) is 20.8 Å². The molecule has 0 atom stereocenters. The van der Waals surface area contributed by atoms with Gasteiger partial charge >= 0.3 is 0 Å². The second kappa shape index (κ2) is 5.26. The van der Waals surface area contributed by atoms with E-state index in [1.807, 2.05) is 0 Å². The van der Waals surface area contributed by atoms with Gasteiger partial charge in [-0.3, -0.25) is 4.79 Å². The molecule has 1 amide bonds. The standard InChI is InChI=1S/C8H14N6OS/c9-3-4-14-8(11-12-13-14)16-5-7(15)10-6-1-2-6/h6H,1-5,9H2,(H,10,15). The van der Waals surface area contributed by atoms with E-state index in [1.54, 1.807) is 4.68 Å². The van der Waals surface area contributed by atoms with Crippen LogP contribution in [-0.4, -0.2) is 44.5 Å². The molecule has 1 aromatic rings. The molecule has 8 heteroatoms. The summed E-state index contributed by atoms with van der Waals surface area (Å²) in [4.78, 5) is 11.4. The molecule has 16 heavy (non-hydrogen) atoms. The Balaban J connectivity index is 1.78. The highest BCUT2D eigenvalue weighted by molar-refractivity contribution is 7.99. The summed E-state index contributed by atoms with van der Waals surface area (Å²) in [5.74, 6) is 0.386. The molecule has 0 radical (unpaired) electrons. The van der Waals surface area contributed by atoms with Gasteiger partial charge in [0.1, 0.15) is 0 Å².